The largest absolute Gasteiger partial charge is 0.465 e. The first-order valence-corrected chi connectivity index (χ1v) is 15.8. The molecule has 0 atom stereocenters. The van der Waals surface area contributed by atoms with Gasteiger partial charge in [-0.2, -0.15) is 0 Å². The summed E-state index contributed by atoms with van der Waals surface area (Å²) in [6.45, 7) is 3.68. The molecule has 224 valence electrons. The van der Waals surface area contributed by atoms with E-state index in [-0.39, 0.29) is 11.3 Å². The molecule has 6 nitrogen and oxygen atoms in total. The summed E-state index contributed by atoms with van der Waals surface area (Å²) in [6, 6.07) is 27.0. The third kappa shape index (κ3) is 9.94. The maximum Gasteiger partial charge on any atom is 0.343 e. The van der Waals surface area contributed by atoms with Crippen LogP contribution in [0.1, 0.15) is 43.0 Å². The highest BCUT2D eigenvalue weighted by atomic mass is 32.2. The van der Waals surface area contributed by atoms with E-state index in [9.17, 15) is 14.4 Å². The molecule has 0 fully saturated rings. The summed E-state index contributed by atoms with van der Waals surface area (Å²) in [5, 5.41) is 0. The summed E-state index contributed by atoms with van der Waals surface area (Å²) in [4.78, 5) is 38.7. The molecule has 0 unspecified atom stereocenters. The van der Waals surface area contributed by atoms with Crippen LogP contribution in [0.25, 0.3) is 0 Å². The Morgan fingerprint density at radius 3 is 1.82 bits per heavy atom. The highest BCUT2D eigenvalue weighted by Gasteiger charge is 2.18. The van der Waals surface area contributed by atoms with Crippen LogP contribution in [0.2, 0.25) is 0 Å². The fraction of sp³-hybridized carbons (Fsp3) is 0.108. The first kappa shape index (κ1) is 32.8. The van der Waals surface area contributed by atoms with Crippen LogP contribution in [-0.2, 0) is 14.3 Å². The van der Waals surface area contributed by atoms with Crippen LogP contribution in [0.4, 0.5) is 0 Å². The number of ether oxygens (including phenoxy) is 3. The molecule has 0 N–H and O–H groups in total. The van der Waals surface area contributed by atoms with Crippen LogP contribution < -0.4 is 4.74 Å². The van der Waals surface area contributed by atoms with Crippen LogP contribution >= 0.6 is 23.5 Å². The van der Waals surface area contributed by atoms with Gasteiger partial charge in [-0.1, -0.05) is 30.3 Å². The average molecular weight is 633 g/mol. The lowest BCUT2D eigenvalue weighted by molar-refractivity contribution is -0.137. The van der Waals surface area contributed by atoms with Crippen molar-refractivity contribution >= 4 is 41.4 Å². The lowest BCUT2D eigenvalue weighted by Gasteiger charge is -2.09. The van der Waals surface area contributed by atoms with Crippen molar-refractivity contribution in [3.63, 3.8) is 0 Å². The number of thioether (sulfide) groups is 2. The number of carbonyl (C=O) groups is 3. The maximum atomic E-state index is 12.9. The van der Waals surface area contributed by atoms with Gasteiger partial charge in [-0.3, -0.25) is 0 Å². The monoisotopic (exact) mass is 632 g/mol. The van der Waals surface area contributed by atoms with Crippen molar-refractivity contribution in [1.29, 1.82) is 0 Å². The summed E-state index contributed by atoms with van der Waals surface area (Å²) in [5.41, 5.74) is 3.36. The molecule has 4 aromatic rings. The van der Waals surface area contributed by atoms with Gasteiger partial charge >= 0.3 is 17.9 Å². The molecule has 0 radical (unpaired) electrons. The molecular formula is C37H28O6S2. The minimum atomic E-state index is -0.642. The van der Waals surface area contributed by atoms with Gasteiger partial charge < -0.3 is 14.2 Å². The number of rotatable bonds is 9. The highest BCUT2D eigenvalue weighted by molar-refractivity contribution is 7.99. The van der Waals surface area contributed by atoms with Gasteiger partial charge in [-0.25, -0.2) is 14.4 Å². The first-order valence-electron chi connectivity index (χ1n) is 13.6. The Hall–Kier alpha value is -5.15. The SMILES string of the molecule is C=CC(=O)OCCSc1ccc(C#Cc2ccc(C(=O)Oc3ccc(C#Cc4ccc(SC)cc4)cc3C(=O)OC)cc2)cc1. The number of hydrogen-bond acceptors (Lipinski definition) is 8. The second kappa shape index (κ2) is 16.6. The van der Waals surface area contributed by atoms with E-state index >= 15 is 0 Å². The van der Waals surface area contributed by atoms with Crippen LogP contribution in [0.3, 0.4) is 0 Å². The molecule has 4 rings (SSSR count). The molecule has 0 aromatic heterocycles. The quantitative estimate of drug-likeness (QED) is 0.0486. The molecule has 4 aromatic carbocycles. The molecular weight excluding hydrogens is 605 g/mol. The Kier molecular flexibility index (Phi) is 12.1. The van der Waals surface area contributed by atoms with E-state index in [0.717, 1.165) is 32.6 Å². The van der Waals surface area contributed by atoms with Crippen molar-refractivity contribution in [2.24, 2.45) is 0 Å². The van der Waals surface area contributed by atoms with E-state index in [1.165, 1.54) is 13.2 Å². The minimum Gasteiger partial charge on any atom is -0.465 e. The molecule has 45 heavy (non-hydrogen) atoms. The van der Waals surface area contributed by atoms with Crippen molar-refractivity contribution in [2.75, 3.05) is 25.7 Å². The Morgan fingerprint density at radius 1 is 0.733 bits per heavy atom. The van der Waals surface area contributed by atoms with E-state index in [0.29, 0.717) is 23.5 Å². The van der Waals surface area contributed by atoms with E-state index < -0.39 is 17.9 Å². The lowest BCUT2D eigenvalue weighted by Crippen LogP contribution is -2.12. The molecule has 0 aliphatic carbocycles. The summed E-state index contributed by atoms with van der Waals surface area (Å²) in [7, 11) is 1.26. The van der Waals surface area contributed by atoms with Gasteiger partial charge in [0.05, 0.1) is 12.7 Å². The van der Waals surface area contributed by atoms with E-state index in [1.807, 2.05) is 54.8 Å². The molecule has 0 heterocycles. The van der Waals surface area contributed by atoms with Gasteiger partial charge in [-0.05, 0) is 97.3 Å². The summed E-state index contributed by atoms with van der Waals surface area (Å²) < 4.78 is 15.5. The van der Waals surface area contributed by atoms with Crippen LogP contribution in [0, 0.1) is 23.7 Å². The fourth-order valence-corrected chi connectivity index (χ4v) is 4.91. The molecule has 0 bridgehead atoms. The predicted molar refractivity (Wildman–Crippen MR) is 178 cm³/mol. The Labute approximate surface area is 271 Å². The number of carbonyl (C=O) groups excluding carboxylic acids is 3. The van der Waals surface area contributed by atoms with E-state index in [4.69, 9.17) is 14.2 Å². The number of hydrogen-bond donors (Lipinski definition) is 0. The lowest BCUT2D eigenvalue weighted by atomic mass is 10.1. The summed E-state index contributed by atoms with van der Waals surface area (Å²) >= 11 is 3.22. The molecule has 0 aliphatic heterocycles. The number of methoxy groups -OCH3 is 1. The Bertz CT molecular complexity index is 1800. The van der Waals surface area contributed by atoms with Gasteiger partial charge in [0.15, 0.2) is 0 Å². The van der Waals surface area contributed by atoms with Gasteiger partial charge in [-0.15, -0.1) is 23.5 Å². The van der Waals surface area contributed by atoms with Gasteiger partial charge in [0.2, 0.25) is 0 Å². The third-order valence-electron chi connectivity index (χ3n) is 6.12. The average Bonchev–Trinajstić information content (AvgIpc) is 3.09. The van der Waals surface area contributed by atoms with Gasteiger partial charge in [0.25, 0.3) is 0 Å². The van der Waals surface area contributed by atoms with E-state index in [1.54, 1.807) is 59.9 Å². The molecule has 0 amide bonds. The zero-order chi connectivity index (χ0) is 32.0. The summed E-state index contributed by atoms with van der Waals surface area (Å²) in [6.07, 6.45) is 3.15. The standard InChI is InChI=1S/C37H28O6S2/c1-4-35(38)42-23-24-45-32-20-13-27(14-21-32)6-5-26-9-16-30(17-10-26)36(39)43-34-22-15-29(25-33(34)37(40)41-2)8-7-28-11-18-31(44-3)19-12-28/h4,9-22,25H,1,23-24H2,2-3H3. The second-order valence-corrected chi connectivity index (χ2v) is 11.2. The zero-order valence-electron chi connectivity index (χ0n) is 24.6. The minimum absolute atomic E-state index is 0.0741. The molecule has 8 heteroatoms. The molecule has 0 saturated heterocycles. The highest BCUT2D eigenvalue weighted by Crippen LogP contribution is 2.23. The molecule has 0 spiro atoms. The molecule has 0 saturated carbocycles. The Balaban J connectivity index is 1.38. The zero-order valence-corrected chi connectivity index (χ0v) is 26.3. The smallest absolute Gasteiger partial charge is 0.343 e. The topological polar surface area (TPSA) is 78.9 Å². The first-order chi connectivity index (χ1) is 21.9. The van der Waals surface area contributed by atoms with Crippen molar-refractivity contribution in [3.8, 4) is 29.4 Å². The van der Waals surface area contributed by atoms with Crippen LogP contribution in [0.5, 0.6) is 5.75 Å². The van der Waals surface area contributed by atoms with E-state index in [2.05, 4.69) is 30.3 Å². The maximum absolute atomic E-state index is 12.9. The number of benzene rings is 4. The van der Waals surface area contributed by atoms with Crippen molar-refractivity contribution < 1.29 is 28.6 Å². The van der Waals surface area contributed by atoms with Crippen molar-refractivity contribution in [2.45, 2.75) is 9.79 Å². The number of esters is 3. The molecule has 0 aliphatic rings. The second-order valence-electron chi connectivity index (χ2n) is 9.14. The summed E-state index contributed by atoms with van der Waals surface area (Å²) in [5.74, 6) is 11.3. The van der Waals surface area contributed by atoms with Crippen LogP contribution in [-0.4, -0.2) is 43.6 Å². The Morgan fingerprint density at radius 2 is 1.27 bits per heavy atom. The predicted octanol–water partition coefficient (Wildman–Crippen LogP) is 7.04. The third-order valence-corrected chi connectivity index (χ3v) is 7.84. The fourth-order valence-electron chi connectivity index (χ4n) is 3.77. The normalized spacial score (nSPS) is 9.91. The van der Waals surface area contributed by atoms with Gasteiger partial charge in [0, 0.05) is 43.9 Å². The van der Waals surface area contributed by atoms with Crippen molar-refractivity contribution in [3.05, 3.63) is 137 Å². The van der Waals surface area contributed by atoms with Gasteiger partial charge in [0.1, 0.15) is 17.9 Å². The van der Waals surface area contributed by atoms with Crippen LogP contribution in [0.15, 0.2) is 113 Å². The van der Waals surface area contributed by atoms with Crippen molar-refractivity contribution in [1.82, 2.24) is 0 Å².